The summed E-state index contributed by atoms with van der Waals surface area (Å²) in [6.45, 7) is 7.90. The van der Waals surface area contributed by atoms with Crippen LogP contribution < -0.4 is 18.9 Å². The number of Topliss-reactive ketones (excluding diaryl/α,β-unsaturated/α-hetero) is 1. The van der Waals surface area contributed by atoms with Gasteiger partial charge in [0.05, 0.1) is 5.60 Å². The number of aliphatic hydroxyl groups is 1. The van der Waals surface area contributed by atoms with Crippen molar-refractivity contribution >= 4 is 75.4 Å². The molecule has 0 aliphatic rings. The maximum Gasteiger partial charge on any atom is 1.00 e. The first-order chi connectivity index (χ1) is 22.3. The Morgan fingerprint density at radius 3 is 1.35 bits per heavy atom. The van der Waals surface area contributed by atoms with E-state index >= 15 is 0 Å². The van der Waals surface area contributed by atoms with Gasteiger partial charge in [-0.15, -0.1) is 69.6 Å². The number of phenols is 2. The third kappa shape index (κ3) is 30.2. The predicted octanol–water partition coefficient (Wildman–Crippen LogP) is 9.52. The van der Waals surface area contributed by atoms with E-state index in [4.69, 9.17) is 74.7 Å². The van der Waals surface area contributed by atoms with Crippen LogP contribution in [0, 0.1) is 21.3 Å². The fraction of sp³-hybridized carbons (Fsp3) is 0.632. The van der Waals surface area contributed by atoms with Crippen molar-refractivity contribution in [2.24, 2.45) is 0 Å². The Balaban J connectivity index is -0.000000286. The molecule has 0 unspecified atom stereocenters. The number of hydrogen-bond acceptors (Lipinski definition) is 4. The molecule has 0 aliphatic carbocycles. The van der Waals surface area contributed by atoms with Gasteiger partial charge < -0.3 is 22.7 Å². The van der Waals surface area contributed by atoms with Gasteiger partial charge in [0.2, 0.25) is 0 Å². The normalized spacial score (nSPS) is 10.5. The van der Waals surface area contributed by atoms with E-state index in [1.165, 1.54) is 5.56 Å². The van der Waals surface area contributed by atoms with Crippen molar-refractivity contribution in [2.75, 3.05) is 35.3 Å². The SMILES string of the molecule is CC(O)(CCCCl)CCCCl.Cc1cc(C(C)(CCCCl)CCCCl)ccc1O.Cc1ccccc1O.O=C(CCCCl)CCCCl.[CH3-].[Li+]. The average Bonchev–Trinajstić information content (AvgIpc) is 3.06. The maximum atomic E-state index is 10.8. The summed E-state index contributed by atoms with van der Waals surface area (Å²) in [5.41, 5.74) is 2.66. The van der Waals surface area contributed by atoms with E-state index in [2.05, 4.69) is 13.0 Å². The summed E-state index contributed by atoms with van der Waals surface area (Å²) in [5, 5.41) is 28.2. The number of hydrogen-bond donors (Lipinski definition) is 3. The molecule has 11 heteroatoms. The summed E-state index contributed by atoms with van der Waals surface area (Å²) in [6, 6.07) is 13.1. The van der Waals surface area contributed by atoms with E-state index in [9.17, 15) is 15.0 Å². The molecule has 49 heavy (non-hydrogen) atoms. The third-order valence-corrected chi connectivity index (χ3v) is 9.21. The van der Waals surface area contributed by atoms with Gasteiger partial charge in [-0.1, -0.05) is 37.3 Å². The van der Waals surface area contributed by atoms with E-state index in [0.29, 0.717) is 59.6 Å². The van der Waals surface area contributed by atoms with E-state index in [0.717, 1.165) is 75.3 Å². The number of aryl methyl sites for hydroxylation is 2. The minimum absolute atomic E-state index is 0. The molecule has 2 aromatic carbocycles. The zero-order chi connectivity index (χ0) is 36.1. The maximum absolute atomic E-state index is 10.8. The average molecular weight is 802 g/mol. The molecule has 0 saturated carbocycles. The molecule has 0 radical (unpaired) electrons. The Kier molecular flexibility index (Phi) is 39.9. The fourth-order valence-corrected chi connectivity index (χ4v) is 5.40. The first-order valence-electron chi connectivity index (χ1n) is 16.4. The molecule has 0 amide bonds. The molecule has 0 spiro atoms. The molecule has 2 aromatic rings. The van der Waals surface area contributed by atoms with Crippen LogP contribution in [-0.4, -0.2) is 62.0 Å². The van der Waals surface area contributed by atoms with Crippen molar-refractivity contribution in [3.63, 3.8) is 0 Å². The van der Waals surface area contributed by atoms with Crippen molar-refractivity contribution < 1.29 is 39.0 Å². The summed E-state index contributed by atoms with van der Waals surface area (Å²) >= 11 is 33.5. The van der Waals surface area contributed by atoms with E-state index in [1.807, 2.05) is 45.0 Å². The second-order valence-corrected chi connectivity index (χ2v) is 14.4. The summed E-state index contributed by atoms with van der Waals surface area (Å²) in [7, 11) is 0. The van der Waals surface area contributed by atoms with Crippen LogP contribution in [0.1, 0.15) is 108 Å². The van der Waals surface area contributed by atoms with Crippen LogP contribution in [0.3, 0.4) is 0 Å². The first kappa shape index (κ1) is 55.8. The van der Waals surface area contributed by atoms with Crippen LogP contribution in [0.5, 0.6) is 11.5 Å². The molecule has 0 fully saturated rings. The topological polar surface area (TPSA) is 77.8 Å². The number of carbonyl (C=O) groups is 1. The number of carbonyl (C=O) groups excluding carboxylic acids is 1. The Morgan fingerprint density at radius 1 is 0.612 bits per heavy atom. The molecule has 0 aromatic heterocycles. The zero-order valence-electron chi connectivity index (χ0n) is 30.8. The van der Waals surface area contributed by atoms with E-state index in [1.54, 1.807) is 12.1 Å². The monoisotopic (exact) mass is 798 g/mol. The number of phenolic OH excluding ortho intramolecular Hbond substituents is 2. The second-order valence-electron chi connectivity index (χ2n) is 12.1. The minimum Gasteiger partial charge on any atom is -0.508 e. The molecule has 0 saturated heterocycles. The number of aromatic hydroxyl groups is 2. The van der Waals surface area contributed by atoms with Gasteiger partial charge in [0.1, 0.15) is 17.3 Å². The molecular formula is C38H61Cl6LiO4. The number of alkyl halides is 6. The van der Waals surface area contributed by atoms with Gasteiger partial charge in [-0.3, -0.25) is 4.79 Å². The number of rotatable bonds is 19. The van der Waals surface area contributed by atoms with Gasteiger partial charge in [0.15, 0.2) is 0 Å². The van der Waals surface area contributed by atoms with Crippen molar-refractivity contribution in [2.45, 2.75) is 116 Å². The van der Waals surface area contributed by atoms with E-state index < -0.39 is 5.60 Å². The van der Waals surface area contributed by atoms with Crippen molar-refractivity contribution in [3.8, 4) is 11.5 Å². The van der Waals surface area contributed by atoms with Gasteiger partial charge >= 0.3 is 18.9 Å². The zero-order valence-corrected chi connectivity index (χ0v) is 35.3. The van der Waals surface area contributed by atoms with Gasteiger partial charge in [-0.25, -0.2) is 0 Å². The van der Waals surface area contributed by atoms with Crippen LogP contribution >= 0.6 is 69.6 Å². The summed E-state index contributed by atoms with van der Waals surface area (Å²) in [4.78, 5) is 10.8. The summed E-state index contributed by atoms with van der Waals surface area (Å²) in [6.07, 6.45) is 10.2. The standard InChI is InChI=1S/C15H22Cl2O.C8H16Cl2O.C7H12Cl2O.C7H8O.CH3.Li/c1-12-11-13(5-6-14(12)18)15(2,7-3-9-16)8-4-10-17;1-8(11,4-2-6-9)5-3-7-10;8-5-1-3-7(10)4-2-6-9;1-6-4-2-3-5-7(6)8;;/h5-6,11,18H,3-4,7-10H2,1-2H3;11H,2-7H2,1H3;1-6H2;2-5,8H,1H3;1H3;/q;;;;-1;+1. The number of halogens is 6. The van der Waals surface area contributed by atoms with Crippen LogP contribution in [0.4, 0.5) is 0 Å². The van der Waals surface area contributed by atoms with Crippen molar-refractivity contribution in [3.05, 3.63) is 66.6 Å². The van der Waals surface area contributed by atoms with Gasteiger partial charge in [0, 0.05) is 48.1 Å². The van der Waals surface area contributed by atoms with E-state index in [-0.39, 0.29) is 37.5 Å². The molecule has 0 atom stereocenters. The molecule has 280 valence electrons. The largest absolute Gasteiger partial charge is 1.00 e. The summed E-state index contributed by atoms with van der Waals surface area (Å²) in [5.74, 6) is 4.78. The minimum atomic E-state index is -0.566. The van der Waals surface area contributed by atoms with Crippen LogP contribution in [-0.2, 0) is 10.2 Å². The van der Waals surface area contributed by atoms with Crippen molar-refractivity contribution in [1.29, 1.82) is 0 Å². The second kappa shape index (κ2) is 35.1. The van der Waals surface area contributed by atoms with Crippen LogP contribution in [0.15, 0.2) is 42.5 Å². The van der Waals surface area contributed by atoms with Gasteiger partial charge in [-0.05, 0) is 119 Å². The number of ketones is 1. The predicted molar refractivity (Wildman–Crippen MR) is 215 cm³/mol. The fourth-order valence-electron chi connectivity index (χ4n) is 4.60. The Bertz CT molecular complexity index is 1010. The number of para-hydroxylation sites is 1. The third-order valence-electron chi connectivity index (χ3n) is 7.61. The van der Waals surface area contributed by atoms with Gasteiger partial charge in [0.25, 0.3) is 0 Å². The molecule has 0 heterocycles. The van der Waals surface area contributed by atoms with Crippen LogP contribution in [0.25, 0.3) is 0 Å². The molecular weight excluding hydrogens is 740 g/mol. The quantitative estimate of drug-likeness (QED) is 0.0752. The molecule has 4 nitrogen and oxygen atoms in total. The number of benzene rings is 2. The molecule has 0 aliphatic heterocycles. The first-order valence-corrected chi connectivity index (χ1v) is 19.6. The smallest absolute Gasteiger partial charge is 0.508 e. The van der Waals surface area contributed by atoms with Gasteiger partial charge in [-0.2, -0.15) is 0 Å². The molecule has 0 bridgehead atoms. The Labute approximate surface area is 341 Å². The Morgan fingerprint density at radius 2 is 1.00 bits per heavy atom. The Hall–Kier alpha value is 0.00740. The summed E-state index contributed by atoms with van der Waals surface area (Å²) < 4.78 is 0. The van der Waals surface area contributed by atoms with Crippen LogP contribution in [0.2, 0.25) is 0 Å². The molecule has 3 N–H and O–H groups in total. The van der Waals surface area contributed by atoms with Crippen molar-refractivity contribution in [1.82, 2.24) is 0 Å². The molecule has 2 rings (SSSR count).